The molecule has 0 bridgehead atoms. The molecule has 2 aromatic rings. The zero-order valence-corrected chi connectivity index (χ0v) is 10.7. The first-order chi connectivity index (χ1) is 8.78. The number of anilines is 1. The maximum Gasteiger partial charge on any atom is 0.218 e. The van der Waals surface area contributed by atoms with Gasteiger partial charge >= 0.3 is 0 Å². The van der Waals surface area contributed by atoms with E-state index in [0.29, 0.717) is 12.5 Å². The van der Waals surface area contributed by atoms with Crippen LogP contribution in [-0.4, -0.2) is 16.6 Å². The molecule has 0 fully saturated rings. The predicted molar refractivity (Wildman–Crippen MR) is 71.7 cm³/mol. The normalized spacial score (nSPS) is 10.1. The summed E-state index contributed by atoms with van der Waals surface area (Å²) in [7, 11) is 0. The highest BCUT2D eigenvalue weighted by Gasteiger charge is 1.99. The van der Waals surface area contributed by atoms with Crippen LogP contribution in [0.25, 0.3) is 0 Å². The molecule has 0 saturated heterocycles. The first-order valence-electron chi connectivity index (χ1n) is 6.02. The third-order valence-electron chi connectivity index (χ3n) is 2.49. The Bertz CT molecular complexity index is 514. The fourth-order valence-electron chi connectivity index (χ4n) is 1.68. The minimum Gasteiger partial charge on any atom is -0.478 e. The third kappa shape index (κ3) is 3.45. The number of hydrogen-bond acceptors (Lipinski definition) is 4. The van der Waals surface area contributed by atoms with Crippen molar-refractivity contribution in [1.82, 2.24) is 9.97 Å². The zero-order chi connectivity index (χ0) is 12.8. The van der Waals surface area contributed by atoms with E-state index in [2.05, 4.69) is 46.5 Å². The van der Waals surface area contributed by atoms with Crippen molar-refractivity contribution in [2.24, 2.45) is 0 Å². The van der Waals surface area contributed by atoms with Gasteiger partial charge in [-0.2, -0.15) is 0 Å². The van der Waals surface area contributed by atoms with E-state index in [0.717, 1.165) is 12.4 Å². The van der Waals surface area contributed by atoms with Crippen LogP contribution in [0.5, 0.6) is 5.88 Å². The summed E-state index contributed by atoms with van der Waals surface area (Å²) < 4.78 is 5.33. The fourth-order valence-corrected chi connectivity index (χ4v) is 1.68. The highest BCUT2D eigenvalue weighted by molar-refractivity contribution is 5.38. The highest BCUT2D eigenvalue weighted by atomic mass is 16.5. The van der Waals surface area contributed by atoms with Crippen LogP contribution in [0.1, 0.15) is 18.1 Å². The van der Waals surface area contributed by atoms with Crippen LogP contribution < -0.4 is 10.1 Å². The van der Waals surface area contributed by atoms with Gasteiger partial charge in [-0.25, -0.2) is 9.97 Å². The summed E-state index contributed by atoms with van der Waals surface area (Å²) in [5, 5.41) is 3.26. The minimum atomic E-state index is 0.597. The topological polar surface area (TPSA) is 47.0 Å². The SMILES string of the molecule is CCOc1cc(NCc2cccc(C)c2)ncn1. The first kappa shape index (κ1) is 12.4. The van der Waals surface area contributed by atoms with E-state index in [1.807, 2.05) is 6.92 Å². The maximum atomic E-state index is 5.33. The molecular formula is C14H17N3O. The Morgan fingerprint density at radius 1 is 1.22 bits per heavy atom. The van der Waals surface area contributed by atoms with Crippen LogP contribution in [-0.2, 0) is 6.54 Å². The van der Waals surface area contributed by atoms with Crippen molar-refractivity contribution in [1.29, 1.82) is 0 Å². The Labute approximate surface area is 107 Å². The van der Waals surface area contributed by atoms with Crippen molar-refractivity contribution in [3.63, 3.8) is 0 Å². The molecule has 1 N–H and O–H groups in total. The summed E-state index contributed by atoms with van der Waals surface area (Å²) in [6.45, 7) is 5.36. The quantitative estimate of drug-likeness (QED) is 0.877. The van der Waals surface area contributed by atoms with Crippen molar-refractivity contribution in [2.75, 3.05) is 11.9 Å². The van der Waals surface area contributed by atoms with Crippen molar-refractivity contribution < 1.29 is 4.74 Å². The summed E-state index contributed by atoms with van der Waals surface area (Å²) in [4.78, 5) is 8.18. The molecule has 0 atom stereocenters. The molecule has 4 nitrogen and oxygen atoms in total. The van der Waals surface area contributed by atoms with Crippen molar-refractivity contribution in [3.05, 3.63) is 47.8 Å². The average Bonchev–Trinajstić information content (AvgIpc) is 2.37. The molecule has 4 heteroatoms. The number of nitrogens with one attached hydrogen (secondary N) is 1. The lowest BCUT2D eigenvalue weighted by molar-refractivity contribution is 0.326. The molecule has 94 valence electrons. The number of aromatic nitrogens is 2. The second-order valence-corrected chi connectivity index (χ2v) is 4.02. The molecule has 2 rings (SSSR count). The van der Waals surface area contributed by atoms with E-state index in [1.165, 1.54) is 17.5 Å². The molecule has 0 spiro atoms. The zero-order valence-electron chi connectivity index (χ0n) is 10.7. The number of ether oxygens (including phenoxy) is 1. The Morgan fingerprint density at radius 2 is 2.11 bits per heavy atom. The number of hydrogen-bond donors (Lipinski definition) is 1. The van der Waals surface area contributed by atoms with Crippen LogP contribution in [0.2, 0.25) is 0 Å². The molecule has 0 saturated carbocycles. The molecular weight excluding hydrogens is 226 g/mol. The van der Waals surface area contributed by atoms with Gasteiger partial charge in [0, 0.05) is 12.6 Å². The fraction of sp³-hybridized carbons (Fsp3) is 0.286. The van der Waals surface area contributed by atoms with Gasteiger partial charge in [-0.15, -0.1) is 0 Å². The van der Waals surface area contributed by atoms with Gasteiger partial charge in [0.25, 0.3) is 0 Å². The largest absolute Gasteiger partial charge is 0.478 e. The number of aryl methyl sites for hydroxylation is 1. The molecule has 1 aromatic heterocycles. The average molecular weight is 243 g/mol. The van der Waals surface area contributed by atoms with Gasteiger partial charge in [0.05, 0.1) is 6.61 Å². The molecule has 0 radical (unpaired) electrons. The lowest BCUT2D eigenvalue weighted by Crippen LogP contribution is -2.03. The van der Waals surface area contributed by atoms with Crippen LogP contribution in [0, 0.1) is 6.92 Å². The van der Waals surface area contributed by atoms with Crippen LogP contribution in [0.15, 0.2) is 36.7 Å². The molecule has 0 amide bonds. The summed E-state index contributed by atoms with van der Waals surface area (Å²) in [5.41, 5.74) is 2.48. The Morgan fingerprint density at radius 3 is 2.89 bits per heavy atom. The van der Waals surface area contributed by atoms with Crippen molar-refractivity contribution in [2.45, 2.75) is 20.4 Å². The molecule has 18 heavy (non-hydrogen) atoms. The smallest absolute Gasteiger partial charge is 0.218 e. The van der Waals surface area contributed by atoms with Gasteiger partial charge in [0.1, 0.15) is 12.1 Å². The van der Waals surface area contributed by atoms with Crippen LogP contribution in [0.3, 0.4) is 0 Å². The molecule has 0 unspecified atom stereocenters. The maximum absolute atomic E-state index is 5.33. The first-order valence-corrected chi connectivity index (χ1v) is 6.02. The molecule has 0 aliphatic heterocycles. The van der Waals surface area contributed by atoms with Gasteiger partial charge < -0.3 is 10.1 Å². The Kier molecular flexibility index (Phi) is 4.12. The number of nitrogens with zero attached hydrogens (tertiary/aromatic N) is 2. The van der Waals surface area contributed by atoms with Gasteiger partial charge in [-0.1, -0.05) is 29.8 Å². The standard InChI is InChI=1S/C14H17N3O/c1-3-18-14-8-13(16-10-17-14)15-9-12-6-4-5-11(2)7-12/h4-8,10H,3,9H2,1-2H3,(H,15,16,17). The molecule has 0 aliphatic carbocycles. The third-order valence-corrected chi connectivity index (χ3v) is 2.49. The summed E-state index contributed by atoms with van der Waals surface area (Å²) in [5.74, 6) is 1.37. The molecule has 1 aromatic carbocycles. The second-order valence-electron chi connectivity index (χ2n) is 4.02. The van der Waals surface area contributed by atoms with E-state index in [1.54, 1.807) is 6.07 Å². The van der Waals surface area contributed by atoms with Gasteiger partial charge in [-0.05, 0) is 19.4 Å². The van der Waals surface area contributed by atoms with Gasteiger partial charge in [0.15, 0.2) is 0 Å². The van der Waals surface area contributed by atoms with Gasteiger partial charge in [0.2, 0.25) is 5.88 Å². The van der Waals surface area contributed by atoms with Crippen LogP contribution >= 0.6 is 0 Å². The van der Waals surface area contributed by atoms with Gasteiger partial charge in [-0.3, -0.25) is 0 Å². The van der Waals surface area contributed by atoms with Crippen molar-refractivity contribution in [3.8, 4) is 5.88 Å². The Balaban J connectivity index is 1.99. The van der Waals surface area contributed by atoms with E-state index < -0.39 is 0 Å². The van der Waals surface area contributed by atoms with E-state index >= 15 is 0 Å². The minimum absolute atomic E-state index is 0.597. The summed E-state index contributed by atoms with van der Waals surface area (Å²) in [6.07, 6.45) is 1.50. The lowest BCUT2D eigenvalue weighted by Gasteiger charge is -2.07. The van der Waals surface area contributed by atoms with E-state index in [-0.39, 0.29) is 0 Å². The van der Waals surface area contributed by atoms with Crippen LogP contribution in [0.4, 0.5) is 5.82 Å². The summed E-state index contributed by atoms with van der Waals surface area (Å²) in [6, 6.07) is 10.2. The van der Waals surface area contributed by atoms with E-state index in [9.17, 15) is 0 Å². The molecule has 0 aliphatic rings. The Hall–Kier alpha value is -2.10. The second kappa shape index (κ2) is 6.00. The predicted octanol–water partition coefficient (Wildman–Crippen LogP) is 2.80. The highest BCUT2D eigenvalue weighted by Crippen LogP contribution is 2.12. The molecule has 1 heterocycles. The number of rotatable bonds is 5. The summed E-state index contributed by atoms with van der Waals surface area (Å²) >= 11 is 0. The monoisotopic (exact) mass is 243 g/mol. The lowest BCUT2D eigenvalue weighted by atomic mass is 10.1. The number of benzene rings is 1. The van der Waals surface area contributed by atoms with Crippen molar-refractivity contribution >= 4 is 5.82 Å². The van der Waals surface area contributed by atoms with E-state index in [4.69, 9.17) is 4.74 Å².